The molecule has 6 nitrogen and oxygen atoms in total. The van der Waals surface area contributed by atoms with E-state index >= 15 is 0 Å². The van der Waals surface area contributed by atoms with Crippen LogP contribution in [0.25, 0.3) is 6.08 Å². The Labute approximate surface area is 221 Å². The molecule has 0 saturated carbocycles. The summed E-state index contributed by atoms with van der Waals surface area (Å²) in [4.78, 5) is 30.5. The van der Waals surface area contributed by atoms with Crippen LogP contribution < -0.4 is 4.74 Å². The van der Waals surface area contributed by atoms with E-state index in [1.807, 2.05) is 54.6 Å². The standard InChI is InChI=1S/C31H40N2O4/c1-4-7-11-22-37-26-17-12-16-25(23-26)29-28(27(34)19-18-24-14-9-8-10-15-24)30(35)31(36)33(29)21-13-20-32(5-2)6-3/h8-10,12,14-19,23,29,35H,4-7,11,13,20-22H2,1-3H3/b19-18+. The summed E-state index contributed by atoms with van der Waals surface area (Å²) < 4.78 is 5.95. The van der Waals surface area contributed by atoms with Crippen LogP contribution in [0.2, 0.25) is 0 Å². The minimum atomic E-state index is -0.670. The van der Waals surface area contributed by atoms with Gasteiger partial charge in [-0.2, -0.15) is 0 Å². The average molecular weight is 505 g/mol. The zero-order chi connectivity index (χ0) is 26.6. The number of benzene rings is 2. The number of hydrogen-bond acceptors (Lipinski definition) is 5. The minimum absolute atomic E-state index is 0.114. The van der Waals surface area contributed by atoms with Crippen LogP contribution in [0.3, 0.4) is 0 Å². The van der Waals surface area contributed by atoms with Gasteiger partial charge in [-0.3, -0.25) is 9.59 Å². The summed E-state index contributed by atoms with van der Waals surface area (Å²) in [5.41, 5.74) is 1.74. The summed E-state index contributed by atoms with van der Waals surface area (Å²) in [5.74, 6) is -0.650. The number of aliphatic hydroxyl groups is 1. The summed E-state index contributed by atoms with van der Waals surface area (Å²) in [6, 6.07) is 16.4. The van der Waals surface area contributed by atoms with Crippen molar-refractivity contribution in [2.45, 2.75) is 52.5 Å². The van der Waals surface area contributed by atoms with Crippen molar-refractivity contribution in [3.63, 3.8) is 0 Å². The van der Waals surface area contributed by atoms with Gasteiger partial charge in [0.25, 0.3) is 5.91 Å². The van der Waals surface area contributed by atoms with Gasteiger partial charge in [0.15, 0.2) is 11.5 Å². The van der Waals surface area contributed by atoms with Crippen molar-refractivity contribution in [1.29, 1.82) is 0 Å². The molecule has 1 aliphatic heterocycles. The van der Waals surface area contributed by atoms with Gasteiger partial charge in [-0.15, -0.1) is 0 Å². The number of hydrogen-bond donors (Lipinski definition) is 1. The largest absolute Gasteiger partial charge is 0.503 e. The lowest BCUT2D eigenvalue weighted by Gasteiger charge is -2.28. The van der Waals surface area contributed by atoms with Gasteiger partial charge >= 0.3 is 0 Å². The summed E-state index contributed by atoms with van der Waals surface area (Å²) in [6.45, 7) is 10.1. The van der Waals surface area contributed by atoms with Gasteiger partial charge in [0.2, 0.25) is 0 Å². The Bertz CT molecular complexity index is 1090. The molecule has 1 unspecified atom stereocenters. The first kappa shape index (κ1) is 28.2. The van der Waals surface area contributed by atoms with Crippen molar-refractivity contribution in [1.82, 2.24) is 9.80 Å². The lowest BCUT2D eigenvalue weighted by Crippen LogP contribution is -2.34. The van der Waals surface area contributed by atoms with E-state index in [-0.39, 0.29) is 11.4 Å². The Hall–Kier alpha value is -3.38. The van der Waals surface area contributed by atoms with Crippen LogP contribution in [0.4, 0.5) is 0 Å². The molecule has 0 radical (unpaired) electrons. The van der Waals surface area contributed by atoms with E-state index in [0.717, 1.165) is 56.4 Å². The summed E-state index contributed by atoms with van der Waals surface area (Å²) in [6.07, 6.45) is 7.06. The van der Waals surface area contributed by atoms with Crippen molar-refractivity contribution >= 4 is 17.8 Å². The number of ether oxygens (including phenoxy) is 1. The number of nitrogens with zero attached hydrogens (tertiary/aromatic N) is 2. The Morgan fingerprint density at radius 3 is 2.49 bits per heavy atom. The predicted molar refractivity (Wildman–Crippen MR) is 148 cm³/mol. The number of aliphatic hydroxyl groups excluding tert-OH is 1. The monoisotopic (exact) mass is 504 g/mol. The average Bonchev–Trinajstić information content (AvgIpc) is 3.18. The van der Waals surface area contributed by atoms with Gasteiger partial charge in [0.05, 0.1) is 18.2 Å². The fraction of sp³-hybridized carbons (Fsp3) is 0.419. The first-order chi connectivity index (χ1) is 18.0. The quantitative estimate of drug-likeness (QED) is 0.239. The van der Waals surface area contributed by atoms with Gasteiger partial charge < -0.3 is 19.6 Å². The molecule has 0 saturated heterocycles. The number of carbonyl (C=O) groups excluding carboxylic acids is 2. The molecule has 2 aromatic carbocycles. The molecule has 2 aromatic rings. The molecule has 0 aromatic heterocycles. The van der Waals surface area contributed by atoms with Gasteiger partial charge in [0, 0.05) is 6.54 Å². The Kier molecular flexibility index (Phi) is 11.0. The topological polar surface area (TPSA) is 70.1 Å². The number of rotatable bonds is 15. The third-order valence-corrected chi connectivity index (χ3v) is 6.75. The van der Waals surface area contributed by atoms with E-state index in [1.54, 1.807) is 11.0 Å². The highest BCUT2D eigenvalue weighted by Crippen LogP contribution is 2.39. The smallest absolute Gasteiger partial charge is 0.290 e. The Balaban J connectivity index is 1.89. The number of ketones is 1. The summed E-state index contributed by atoms with van der Waals surface area (Å²) in [7, 11) is 0. The van der Waals surface area contributed by atoms with Gasteiger partial charge in [-0.25, -0.2) is 0 Å². The van der Waals surface area contributed by atoms with Crippen molar-refractivity contribution in [3.05, 3.63) is 83.1 Å². The minimum Gasteiger partial charge on any atom is -0.503 e. The number of allylic oxidation sites excluding steroid dienone is 1. The highest BCUT2D eigenvalue weighted by molar-refractivity contribution is 6.14. The number of carbonyl (C=O) groups is 2. The molecular weight excluding hydrogens is 464 g/mol. The van der Waals surface area contributed by atoms with Gasteiger partial charge in [-0.1, -0.05) is 82.2 Å². The van der Waals surface area contributed by atoms with Crippen LogP contribution in [0.5, 0.6) is 5.75 Å². The lowest BCUT2D eigenvalue weighted by atomic mass is 9.95. The molecule has 0 bridgehead atoms. The molecule has 1 heterocycles. The molecule has 6 heteroatoms. The van der Waals surface area contributed by atoms with Crippen molar-refractivity contribution < 1.29 is 19.4 Å². The van der Waals surface area contributed by atoms with Crippen LogP contribution in [0, 0.1) is 0 Å². The zero-order valence-electron chi connectivity index (χ0n) is 22.4. The van der Waals surface area contributed by atoms with Crippen LogP contribution in [0.1, 0.15) is 63.6 Å². The maximum atomic E-state index is 13.4. The van der Waals surface area contributed by atoms with E-state index in [1.165, 1.54) is 6.08 Å². The molecule has 198 valence electrons. The normalized spacial score (nSPS) is 15.8. The summed E-state index contributed by atoms with van der Waals surface area (Å²) in [5, 5.41) is 10.9. The van der Waals surface area contributed by atoms with Crippen molar-refractivity contribution in [2.75, 3.05) is 32.8 Å². The van der Waals surface area contributed by atoms with E-state index in [0.29, 0.717) is 18.9 Å². The molecule has 1 atom stereocenters. The van der Waals surface area contributed by atoms with Crippen LogP contribution in [-0.4, -0.2) is 59.4 Å². The predicted octanol–water partition coefficient (Wildman–Crippen LogP) is 5.97. The van der Waals surface area contributed by atoms with E-state index in [2.05, 4.69) is 25.7 Å². The van der Waals surface area contributed by atoms with Crippen molar-refractivity contribution in [3.8, 4) is 5.75 Å². The van der Waals surface area contributed by atoms with Gasteiger partial charge in [0.1, 0.15) is 5.75 Å². The highest BCUT2D eigenvalue weighted by Gasteiger charge is 2.42. The third kappa shape index (κ3) is 7.56. The Morgan fingerprint density at radius 1 is 1.03 bits per heavy atom. The van der Waals surface area contributed by atoms with Crippen LogP contribution >= 0.6 is 0 Å². The van der Waals surface area contributed by atoms with Crippen LogP contribution in [-0.2, 0) is 9.59 Å². The third-order valence-electron chi connectivity index (χ3n) is 6.75. The molecule has 0 aliphatic carbocycles. The molecular formula is C31H40N2O4. The SMILES string of the molecule is CCCCCOc1cccc(C2C(C(=O)/C=C/c3ccccc3)=C(O)C(=O)N2CCCN(CC)CC)c1. The first-order valence-corrected chi connectivity index (χ1v) is 13.5. The molecule has 1 N–H and O–H groups in total. The molecule has 0 spiro atoms. The van der Waals surface area contributed by atoms with Gasteiger partial charge in [-0.05, 0) is 61.8 Å². The second-order valence-electron chi connectivity index (χ2n) is 9.28. The molecule has 37 heavy (non-hydrogen) atoms. The molecule has 1 aliphatic rings. The summed E-state index contributed by atoms with van der Waals surface area (Å²) >= 11 is 0. The second kappa shape index (κ2) is 14.4. The number of unbranched alkanes of at least 4 members (excludes halogenated alkanes) is 2. The van der Waals surface area contributed by atoms with Crippen molar-refractivity contribution in [2.24, 2.45) is 0 Å². The van der Waals surface area contributed by atoms with E-state index in [9.17, 15) is 14.7 Å². The maximum absolute atomic E-state index is 13.4. The van der Waals surface area contributed by atoms with E-state index in [4.69, 9.17) is 4.74 Å². The molecule has 3 rings (SSSR count). The fourth-order valence-corrected chi connectivity index (χ4v) is 4.63. The molecule has 1 amide bonds. The maximum Gasteiger partial charge on any atom is 0.290 e. The molecule has 0 fully saturated rings. The fourth-order valence-electron chi connectivity index (χ4n) is 4.63. The van der Waals surface area contributed by atoms with Crippen LogP contribution in [0.15, 0.2) is 72.0 Å². The van der Waals surface area contributed by atoms with E-state index < -0.39 is 17.7 Å². The highest BCUT2D eigenvalue weighted by atomic mass is 16.5. The lowest BCUT2D eigenvalue weighted by molar-refractivity contribution is -0.129. The first-order valence-electron chi connectivity index (χ1n) is 13.5. The Morgan fingerprint density at radius 2 is 1.78 bits per heavy atom. The number of amides is 1. The zero-order valence-corrected chi connectivity index (χ0v) is 22.4. The second-order valence-corrected chi connectivity index (χ2v) is 9.28.